The molecule has 0 aliphatic heterocycles. The van der Waals surface area contributed by atoms with Gasteiger partial charge >= 0.3 is 0 Å². The topological polar surface area (TPSA) is 47.6 Å². The molecule has 1 N–H and O–H groups in total. The highest BCUT2D eigenvalue weighted by molar-refractivity contribution is 5.78. The molecule has 0 radical (unpaired) electrons. The van der Waals surface area contributed by atoms with Gasteiger partial charge in [-0.25, -0.2) is 0 Å². The highest BCUT2D eigenvalue weighted by Gasteiger charge is 2.33. The molecule has 0 heterocycles. The van der Waals surface area contributed by atoms with Crippen LogP contribution in [-0.4, -0.2) is 19.6 Å². The lowest BCUT2D eigenvalue weighted by Gasteiger charge is -2.19. The van der Waals surface area contributed by atoms with Crippen LogP contribution in [0.4, 0.5) is 0 Å². The summed E-state index contributed by atoms with van der Waals surface area (Å²) in [5, 5.41) is 3.10. The van der Waals surface area contributed by atoms with Crippen LogP contribution in [-0.2, 0) is 4.79 Å². The molecule has 1 saturated carbocycles. The van der Waals surface area contributed by atoms with E-state index >= 15 is 0 Å². The fraction of sp³-hybridized carbons (Fsp3) is 0.316. The summed E-state index contributed by atoms with van der Waals surface area (Å²) in [4.78, 5) is 12.2. The molecule has 1 aliphatic carbocycles. The van der Waals surface area contributed by atoms with Crippen LogP contribution in [0.2, 0.25) is 0 Å². The molecule has 0 aromatic heterocycles. The zero-order chi connectivity index (χ0) is 16.1. The number of ether oxygens (including phenoxy) is 2. The van der Waals surface area contributed by atoms with Gasteiger partial charge in [-0.2, -0.15) is 0 Å². The molecule has 4 heteroatoms. The van der Waals surface area contributed by atoms with Crippen molar-refractivity contribution in [2.45, 2.75) is 18.9 Å². The van der Waals surface area contributed by atoms with Crippen molar-refractivity contribution in [3.63, 3.8) is 0 Å². The summed E-state index contributed by atoms with van der Waals surface area (Å²) in [5.41, 5.74) is 1.11. The van der Waals surface area contributed by atoms with Crippen molar-refractivity contribution >= 4 is 5.91 Å². The smallest absolute Gasteiger partial charge is 0.258 e. The Morgan fingerprint density at radius 1 is 1.09 bits per heavy atom. The Bertz CT molecular complexity index is 635. The number of carbonyl (C=O) groups excluding carboxylic acids is 1. The zero-order valence-corrected chi connectivity index (χ0v) is 13.2. The summed E-state index contributed by atoms with van der Waals surface area (Å²) in [6.45, 7) is 0.0311. The second-order valence-electron chi connectivity index (χ2n) is 5.76. The number of amides is 1. The van der Waals surface area contributed by atoms with Crippen molar-refractivity contribution in [3.05, 3.63) is 60.2 Å². The lowest BCUT2D eigenvalue weighted by molar-refractivity contribution is -0.124. The van der Waals surface area contributed by atoms with Crippen LogP contribution in [0.1, 0.15) is 24.4 Å². The van der Waals surface area contributed by atoms with Crippen LogP contribution in [0.25, 0.3) is 0 Å². The van der Waals surface area contributed by atoms with Gasteiger partial charge in [-0.1, -0.05) is 30.3 Å². The van der Waals surface area contributed by atoms with Crippen LogP contribution in [0.3, 0.4) is 0 Å². The average molecular weight is 311 g/mol. The molecule has 3 rings (SSSR count). The number of carbonyl (C=O) groups is 1. The van der Waals surface area contributed by atoms with Crippen molar-refractivity contribution in [1.82, 2.24) is 5.32 Å². The van der Waals surface area contributed by atoms with E-state index in [2.05, 4.69) is 5.32 Å². The molecule has 120 valence electrons. The van der Waals surface area contributed by atoms with Crippen molar-refractivity contribution in [2.24, 2.45) is 5.92 Å². The van der Waals surface area contributed by atoms with E-state index < -0.39 is 0 Å². The maximum atomic E-state index is 12.2. The van der Waals surface area contributed by atoms with Crippen molar-refractivity contribution < 1.29 is 14.3 Å². The number of hydrogen-bond donors (Lipinski definition) is 1. The summed E-state index contributed by atoms with van der Waals surface area (Å²) in [6.07, 6.45) is 2.30. The van der Waals surface area contributed by atoms with Crippen LogP contribution < -0.4 is 14.8 Å². The minimum atomic E-state index is -0.0958. The van der Waals surface area contributed by atoms with E-state index in [9.17, 15) is 4.79 Å². The van der Waals surface area contributed by atoms with Gasteiger partial charge < -0.3 is 14.8 Å². The molecule has 1 unspecified atom stereocenters. The molecule has 1 amide bonds. The third kappa shape index (κ3) is 4.25. The number of hydrogen-bond acceptors (Lipinski definition) is 3. The number of para-hydroxylation sites is 1. The number of nitrogens with one attached hydrogen (secondary N) is 1. The van der Waals surface area contributed by atoms with Crippen LogP contribution in [0, 0.1) is 5.92 Å². The molecule has 2 aromatic carbocycles. The predicted molar refractivity (Wildman–Crippen MR) is 88.5 cm³/mol. The Hall–Kier alpha value is -2.49. The number of methoxy groups -OCH3 is 1. The fourth-order valence-electron chi connectivity index (χ4n) is 2.59. The van der Waals surface area contributed by atoms with Crippen LogP contribution >= 0.6 is 0 Å². The summed E-state index contributed by atoms with van der Waals surface area (Å²) >= 11 is 0. The third-order valence-corrected chi connectivity index (χ3v) is 4.00. The van der Waals surface area contributed by atoms with Gasteiger partial charge in [-0.05, 0) is 48.6 Å². The molecule has 0 spiro atoms. The van der Waals surface area contributed by atoms with Crippen LogP contribution in [0.5, 0.6) is 11.5 Å². The van der Waals surface area contributed by atoms with E-state index in [1.54, 1.807) is 7.11 Å². The standard InChI is InChI=1S/C19H21NO3/c1-22-16-11-9-15(10-12-16)19(14-7-8-14)20-18(21)13-23-17-5-3-2-4-6-17/h2-6,9-12,14,19H,7-8,13H2,1H3,(H,20,21). The molecule has 0 saturated heterocycles. The molecule has 2 aromatic rings. The Morgan fingerprint density at radius 2 is 1.78 bits per heavy atom. The molecule has 1 aliphatic rings. The van der Waals surface area contributed by atoms with E-state index in [4.69, 9.17) is 9.47 Å². The molecular formula is C19H21NO3. The second kappa shape index (κ2) is 7.18. The lowest BCUT2D eigenvalue weighted by atomic mass is 10.0. The monoisotopic (exact) mass is 311 g/mol. The quantitative estimate of drug-likeness (QED) is 0.853. The first kappa shape index (κ1) is 15.4. The maximum absolute atomic E-state index is 12.2. The fourth-order valence-corrected chi connectivity index (χ4v) is 2.59. The largest absolute Gasteiger partial charge is 0.497 e. The third-order valence-electron chi connectivity index (χ3n) is 4.00. The normalized spacial score (nSPS) is 14.8. The van der Waals surface area contributed by atoms with Gasteiger partial charge in [0, 0.05) is 0 Å². The molecule has 0 bridgehead atoms. The molecular weight excluding hydrogens is 290 g/mol. The molecule has 1 fully saturated rings. The van der Waals surface area contributed by atoms with Gasteiger partial charge in [0.2, 0.25) is 0 Å². The maximum Gasteiger partial charge on any atom is 0.258 e. The lowest BCUT2D eigenvalue weighted by Crippen LogP contribution is -2.33. The van der Waals surface area contributed by atoms with E-state index in [0.717, 1.165) is 24.2 Å². The van der Waals surface area contributed by atoms with Crippen molar-refractivity contribution in [2.75, 3.05) is 13.7 Å². The van der Waals surface area contributed by atoms with Gasteiger partial charge in [-0.15, -0.1) is 0 Å². The Kier molecular flexibility index (Phi) is 4.81. The highest BCUT2D eigenvalue weighted by Crippen LogP contribution is 2.41. The van der Waals surface area contributed by atoms with Gasteiger partial charge in [0.05, 0.1) is 13.2 Å². The minimum absolute atomic E-state index is 0.0311. The van der Waals surface area contributed by atoms with E-state index in [0.29, 0.717) is 11.7 Å². The van der Waals surface area contributed by atoms with Gasteiger partial charge in [0.1, 0.15) is 11.5 Å². The SMILES string of the molecule is COc1ccc(C(NC(=O)COc2ccccc2)C2CC2)cc1. The van der Waals surface area contributed by atoms with E-state index in [-0.39, 0.29) is 18.6 Å². The van der Waals surface area contributed by atoms with Gasteiger partial charge in [-0.3, -0.25) is 4.79 Å². The Morgan fingerprint density at radius 3 is 2.39 bits per heavy atom. The molecule has 1 atom stereocenters. The van der Waals surface area contributed by atoms with E-state index in [1.165, 1.54) is 0 Å². The average Bonchev–Trinajstić information content (AvgIpc) is 3.44. The summed E-state index contributed by atoms with van der Waals surface area (Å²) in [6, 6.07) is 17.3. The first-order valence-corrected chi connectivity index (χ1v) is 7.87. The minimum Gasteiger partial charge on any atom is -0.497 e. The summed E-state index contributed by atoms with van der Waals surface area (Å²) < 4.78 is 10.7. The zero-order valence-electron chi connectivity index (χ0n) is 13.2. The molecule has 23 heavy (non-hydrogen) atoms. The number of rotatable bonds is 7. The van der Waals surface area contributed by atoms with Crippen LogP contribution in [0.15, 0.2) is 54.6 Å². The Labute approximate surface area is 136 Å². The first-order chi connectivity index (χ1) is 11.3. The van der Waals surface area contributed by atoms with E-state index in [1.807, 2.05) is 54.6 Å². The Balaban J connectivity index is 1.59. The van der Waals surface area contributed by atoms with Crippen molar-refractivity contribution in [1.29, 1.82) is 0 Å². The second-order valence-corrected chi connectivity index (χ2v) is 5.76. The number of benzene rings is 2. The summed E-state index contributed by atoms with van der Waals surface area (Å²) in [5.74, 6) is 1.95. The van der Waals surface area contributed by atoms with Crippen molar-refractivity contribution in [3.8, 4) is 11.5 Å². The summed E-state index contributed by atoms with van der Waals surface area (Å²) in [7, 11) is 1.65. The molecule has 4 nitrogen and oxygen atoms in total. The predicted octanol–water partition coefficient (Wildman–Crippen LogP) is 3.34. The first-order valence-electron chi connectivity index (χ1n) is 7.87. The van der Waals surface area contributed by atoms with Gasteiger partial charge in [0.15, 0.2) is 6.61 Å². The van der Waals surface area contributed by atoms with Gasteiger partial charge in [0.25, 0.3) is 5.91 Å². The highest BCUT2D eigenvalue weighted by atomic mass is 16.5.